The van der Waals surface area contributed by atoms with Crippen LogP contribution in [0.3, 0.4) is 0 Å². The molecule has 1 aliphatic carbocycles. The van der Waals surface area contributed by atoms with Crippen LogP contribution in [-0.4, -0.2) is 14.0 Å². The molecule has 0 atom stereocenters. The van der Waals surface area contributed by atoms with Gasteiger partial charge in [-0.05, 0) is 79.0 Å². The molecule has 5 rings (SSSR count). The Morgan fingerprint density at radius 3 is 2.62 bits per heavy atom. The minimum atomic E-state index is 0.810. The molecule has 0 saturated heterocycles. The van der Waals surface area contributed by atoms with E-state index < -0.39 is 0 Å². The van der Waals surface area contributed by atoms with Gasteiger partial charge in [0.05, 0.1) is 11.4 Å². The number of fused-ring (bicyclic) bond motifs is 2. The lowest BCUT2D eigenvalue weighted by Gasteiger charge is -2.11. The largest absolute Gasteiger partial charge is 0.339 e. The summed E-state index contributed by atoms with van der Waals surface area (Å²) in [6.45, 7) is 12.1. The van der Waals surface area contributed by atoms with Crippen LogP contribution in [0.15, 0.2) is 49.2 Å². The minimum absolute atomic E-state index is 0.810. The highest BCUT2D eigenvalue weighted by Crippen LogP contribution is 2.37. The number of hydrogen-bond acceptors (Lipinski definition) is 1. The molecule has 3 nitrogen and oxygen atoms in total. The van der Waals surface area contributed by atoms with Gasteiger partial charge in [0.25, 0.3) is 0 Å². The molecule has 3 heteroatoms. The first kappa shape index (κ1) is 21.1. The first-order valence-electron chi connectivity index (χ1n) is 12.4. The smallest absolute Gasteiger partial charge is 0.138 e. The lowest BCUT2D eigenvalue weighted by Crippen LogP contribution is -2.04. The molecule has 4 aromatic rings. The third kappa shape index (κ3) is 3.79. The van der Waals surface area contributed by atoms with Gasteiger partial charge in [0.15, 0.2) is 0 Å². The van der Waals surface area contributed by atoms with E-state index in [0.717, 1.165) is 55.9 Å². The Morgan fingerprint density at radius 2 is 1.91 bits per heavy atom. The SMILES string of the molecule is C=C(CCC)c1ccn2c(CCC)c(-c3cc4ccc(CC)cc4n3CC3CC3)nc2c1. The first-order valence-corrected chi connectivity index (χ1v) is 12.4. The van der Waals surface area contributed by atoms with Crippen LogP contribution in [-0.2, 0) is 19.4 Å². The van der Waals surface area contributed by atoms with Crippen LogP contribution in [0.2, 0.25) is 0 Å². The molecule has 0 radical (unpaired) electrons. The van der Waals surface area contributed by atoms with Gasteiger partial charge >= 0.3 is 0 Å². The van der Waals surface area contributed by atoms with Crippen molar-refractivity contribution in [3.8, 4) is 11.4 Å². The maximum absolute atomic E-state index is 5.23. The number of benzene rings is 1. The summed E-state index contributed by atoms with van der Waals surface area (Å²) in [7, 11) is 0. The molecule has 3 aromatic heterocycles. The van der Waals surface area contributed by atoms with Crippen molar-refractivity contribution >= 4 is 22.1 Å². The third-order valence-electron chi connectivity index (χ3n) is 6.93. The highest BCUT2D eigenvalue weighted by Gasteiger charge is 2.26. The van der Waals surface area contributed by atoms with Crippen LogP contribution in [0.1, 0.15) is 69.7 Å². The second-order valence-corrected chi connectivity index (χ2v) is 9.48. The molecular weight excluding hydrogens is 390 g/mol. The summed E-state index contributed by atoms with van der Waals surface area (Å²) in [5.41, 5.74) is 9.98. The van der Waals surface area contributed by atoms with E-state index in [9.17, 15) is 0 Å². The Balaban J connectivity index is 1.70. The lowest BCUT2D eigenvalue weighted by molar-refractivity contribution is 0.651. The maximum atomic E-state index is 5.23. The summed E-state index contributed by atoms with van der Waals surface area (Å²) < 4.78 is 4.86. The van der Waals surface area contributed by atoms with Crippen LogP contribution >= 0.6 is 0 Å². The fourth-order valence-corrected chi connectivity index (χ4v) is 4.91. The fraction of sp³-hybridized carbons (Fsp3) is 0.414. The van der Waals surface area contributed by atoms with Gasteiger partial charge in [-0.25, -0.2) is 4.98 Å². The Kier molecular flexibility index (Phi) is 5.67. The van der Waals surface area contributed by atoms with E-state index in [4.69, 9.17) is 4.98 Å². The van der Waals surface area contributed by atoms with Crippen molar-refractivity contribution < 1.29 is 0 Å². The molecule has 166 valence electrons. The summed E-state index contributed by atoms with van der Waals surface area (Å²) in [6, 6.07) is 13.8. The maximum Gasteiger partial charge on any atom is 0.138 e. The van der Waals surface area contributed by atoms with E-state index in [2.05, 4.69) is 78.9 Å². The molecule has 0 N–H and O–H groups in total. The van der Waals surface area contributed by atoms with Gasteiger partial charge in [-0.2, -0.15) is 0 Å². The molecule has 3 heterocycles. The summed E-state index contributed by atoms with van der Waals surface area (Å²) in [6.07, 6.45) is 10.2. The number of hydrogen-bond donors (Lipinski definition) is 0. The zero-order chi connectivity index (χ0) is 22.2. The van der Waals surface area contributed by atoms with Gasteiger partial charge in [0.1, 0.15) is 11.3 Å². The zero-order valence-electron chi connectivity index (χ0n) is 19.8. The van der Waals surface area contributed by atoms with Crippen molar-refractivity contribution in [2.45, 2.75) is 72.3 Å². The van der Waals surface area contributed by atoms with Gasteiger partial charge in [0.2, 0.25) is 0 Å². The van der Waals surface area contributed by atoms with Gasteiger partial charge in [-0.1, -0.05) is 52.3 Å². The standard InChI is InChI=1S/C29H35N3/c1-5-8-20(4)23-14-15-31-25(9-6-2)29(30-28(31)18-23)27-17-24-13-12-21(7-3)16-26(24)32(27)19-22-10-11-22/h12-18,22H,4-11,19H2,1-3H3. The van der Waals surface area contributed by atoms with Crippen LogP contribution in [0.4, 0.5) is 0 Å². The zero-order valence-corrected chi connectivity index (χ0v) is 19.8. The average molecular weight is 426 g/mol. The molecule has 0 amide bonds. The van der Waals surface area contributed by atoms with E-state index in [0.29, 0.717) is 0 Å². The summed E-state index contributed by atoms with van der Waals surface area (Å²) in [5, 5.41) is 1.33. The van der Waals surface area contributed by atoms with E-state index in [1.807, 2.05) is 0 Å². The second-order valence-electron chi connectivity index (χ2n) is 9.48. The molecule has 0 bridgehead atoms. The van der Waals surface area contributed by atoms with Crippen LogP contribution in [0.5, 0.6) is 0 Å². The molecule has 0 aliphatic heterocycles. The molecule has 1 fully saturated rings. The number of aryl methyl sites for hydroxylation is 2. The Labute approximate surface area is 191 Å². The predicted octanol–water partition coefficient (Wildman–Crippen LogP) is 7.69. The average Bonchev–Trinajstić information content (AvgIpc) is 3.46. The van der Waals surface area contributed by atoms with Crippen molar-refractivity contribution in [1.82, 2.24) is 14.0 Å². The van der Waals surface area contributed by atoms with Crippen molar-refractivity contribution in [1.29, 1.82) is 0 Å². The Hall–Kier alpha value is -2.81. The fourth-order valence-electron chi connectivity index (χ4n) is 4.91. The summed E-state index contributed by atoms with van der Waals surface area (Å²) in [5.74, 6) is 0.810. The monoisotopic (exact) mass is 425 g/mol. The van der Waals surface area contributed by atoms with Crippen LogP contribution in [0, 0.1) is 5.92 Å². The molecular formula is C29H35N3. The quantitative estimate of drug-likeness (QED) is 0.269. The molecule has 0 unspecified atom stereocenters. The third-order valence-corrected chi connectivity index (χ3v) is 6.93. The number of nitrogens with zero attached hydrogens (tertiary/aromatic N) is 3. The van der Waals surface area contributed by atoms with Gasteiger partial charge < -0.3 is 8.97 Å². The number of pyridine rings is 1. The number of imidazole rings is 1. The molecule has 32 heavy (non-hydrogen) atoms. The lowest BCUT2D eigenvalue weighted by atomic mass is 10.0. The molecule has 1 aliphatic rings. The van der Waals surface area contributed by atoms with Gasteiger partial charge in [0, 0.05) is 23.6 Å². The highest BCUT2D eigenvalue weighted by atomic mass is 15.1. The molecule has 1 aromatic carbocycles. The number of aromatic nitrogens is 3. The highest BCUT2D eigenvalue weighted by molar-refractivity contribution is 5.88. The first-order chi connectivity index (χ1) is 15.6. The van der Waals surface area contributed by atoms with Gasteiger partial charge in [-0.15, -0.1) is 0 Å². The van der Waals surface area contributed by atoms with Crippen molar-refractivity contribution in [3.63, 3.8) is 0 Å². The van der Waals surface area contributed by atoms with E-state index in [-0.39, 0.29) is 0 Å². The molecule has 0 spiro atoms. The summed E-state index contributed by atoms with van der Waals surface area (Å²) in [4.78, 5) is 5.23. The topological polar surface area (TPSA) is 22.2 Å². The Bertz CT molecular complexity index is 1280. The van der Waals surface area contributed by atoms with Crippen LogP contribution in [0.25, 0.3) is 33.5 Å². The molecule has 1 saturated carbocycles. The van der Waals surface area contributed by atoms with Crippen molar-refractivity contribution in [2.75, 3.05) is 0 Å². The van der Waals surface area contributed by atoms with E-state index in [1.54, 1.807) is 0 Å². The second kappa shape index (κ2) is 8.61. The Morgan fingerprint density at radius 1 is 1.06 bits per heavy atom. The van der Waals surface area contributed by atoms with E-state index >= 15 is 0 Å². The van der Waals surface area contributed by atoms with Gasteiger partial charge in [-0.3, -0.25) is 0 Å². The summed E-state index contributed by atoms with van der Waals surface area (Å²) >= 11 is 0. The number of allylic oxidation sites excluding steroid dienone is 1. The van der Waals surface area contributed by atoms with E-state index in [1.165, 1.54) is 51.8 Å². The normalized spacial score (nSPS) is 14.0. The number of rotatable bonds is 9. The minimum Gasteiger partial charge on any atom is -0.339 e. The predicted molar refractivity (Wildman–Crippen MR) is 136 cm³/mol. The van der Waals surface area contributed by atoms with Crippen molar-refractivity contribution in [2.24, 2.45) is 5.92 Å². The van der Waals surface area contributed by atoms with Crippen molar-refractivity contribution in [3.05, 3.63) is 66.0 Å². The van der Waals surface area contributed by atoms with Crippen LogP contribution < -0.4 is 0 Å².